The molecule has 0 saturated carbocycles. The first-order valence-electron chi connectivity index (χ1n) is 18.6. The molecule has 2 amide bonds. The molecule has 1 rings (SSSR count). The van der Waals surface area contributed by atoms with Crippen LogP contribution >= 0.6 is 0 Å². The van der Waals surface area contributed by atoms with E-state index in [0.29, 0.717) is 12.8 Å². The van der Waals surface area contributed by atoms with Crippen molar-refractivity contribution >= 4 is 35.7 Å². The zero-order valence-corrected chi connectivity index (χ0v) is 33.2. The number of hydrogen-bond acceptors (Lipinski definition) is 10. The molecule has 0 fully saturated rings. The van der Waals surface area contributed by atoms with Crippen LogP contribution in [-0.4, -0.2) is 64.6 Å². The Balaban J connectivity index is 3.09. The van der Waals surface area contributed by atoms with Gasteiger partial charge in [-0.3, -0.25) is 19.2 Å². The zero-order chi connectivity index (χ0) is 39.5. The minimum Gasteiger partial charge on any atom is -0.461 e. The van der Waals surface area contributed by atoms with E-state index in [1.165, 1.54) is 0 Å². The number of hydrogen-bond donors (Lipinski definition) is 2. The molecule has 1 aromatic carbocycles. The number of ether oxygens (including phenoxy) is 4. The highest BCUT2D eigenvalue weighted by molar-refractivity contribution is 5.88. The van der Waals surface area contributed by atoms with Crippen molar-refractivity contribution in [2.75, 3.05) is 0 Å². The van der Waals surface area contributed by atoms with Gasteiger partial charge in [0.05, 0.1) is 0 Å². The van der Waals surface area contributed by atoms with Gasteiger partial charge in [0.1, 0.15) is 35.5 Å². The molecule has 0 aromatic heterocycles. The summed E-state index contributed by atoms with van der Waals surface area (Å²) in [4.78, 5) is 78.4. The minimum absolute atomic E-state index is 0.0114. The van der Waals surface area contributed by atoms with Crippen LogP contribution in [0.5, 0.6) is 0 Å². The van der Waals surface area contributed by atoms with Crippen molar-refractivity contribution in [1.82, 2.24) is 10.6 Å². The molecule has 1 aromatic rings. The molecule has 12 heteroatoms. The molecule has 0 aliphatic rings. The predicted octanol–water partition coefficient (Wildman–Crippen LogP) is 6.65. The largest absolute Gasteiger partial charge is 0.461 e. The fraction of sp³-hybridized carbons (Fsp3) is 0.700. The molecule has 52 heavy (non-hydrogen) atoms. The molecule has 0 bridgehead atoms. The van der Waals surface area contributed by atoms with Crippen LogP contribution in [0.4, 0.5) is 0 Å². The summed E-state index contributed by atoms with van der Waals surface area (Å²) in [6.07, 6.45) is 3.55. The van der Waals surface area contributed by atoms with E-state index in [0.717, 1.165) is 24.8 Å². The number of rotatable bonds is 21. The quantitative estimate of drug-likeness (QED) is 0.0795. The Morgan fingerprint density at radius 3 is 1.65 bits per heavy atom. The molecular formula is C40H64N2O10. The zero-order valence-electron chi connectivity index (χ0n) is 33.2. The maximum atomic E-state index is 13.7. The number of esters is 4. The summed E-state index contributed by atoms with van der Waals surface area (Å²) in [6.45, 7) is 17.7. The fourth-order valence-corrected chi connectivity index (χ4v) is 5.04. The van der Waals surface area contributed by atoms with Gasteiger partial charge < -0.3 is 29.6 Å². The third-order valence-electron chi connectivity index (χ3n) is 7.47. The van der Waals surface area contributed by atoms with E-state index < -0.39 is 70.5 Å². The van der Waals surface area contributed by atoms with Crippen LogP contribution in [-0.2, 0) is 54.3 Å². The number of benzene rings is 1. The van der Waals surface area contributed by atoms with Crippen LogP contribution < -0.4 is 10.6 Å². The summed E-state index contributed by atoms with van der Waals surface area (Å²) in [6, 6.07) is 7.11. The highest BCUT2D eigenvalue weighted by Crippen LogP contribution is 2.20. The van der Waals surface area contributed by atoms with Crippen LogP contribution in [0.25, 0.3) is 0 Å². The minimum atomic E-state index is -1.15. The van der Waals surface area contributed by atoms with Gasteiger partial charge in [-0.25, -0.2) is 9.59 Å². The molecule has 0 saturated heterocycles. The third-order valence-corrected chi connectivity index (χ3v) is 7.47. The van der Waals surface area contributed by atoms with Gasteiger partial charge >= 0.3 is 23.9 Å². The van der Waals surface area contributed by atoms with Gasteiger partial charge in [-0.05, 0) is 93.6 Å². The summed E-state index contributed by atoms with van der Waals surface area (Å²) in [5.74, 6) is -4.18. The topological polar surface area (TPSA) is 163 Å². The number of carbonyl (C=O) groups is 6. The molecule has 2 N–H and O–H groups in total. The lowest BCUT2D eigenvalue weighted by Crippen LogP contribution is -2.47. The summed E-state index contributed by atoms with van der Waals surface area (Å²) in [7, 11) is 0. The van der Waals surface area contributed by atoms with E-state index in [1.807, 2.05) is 30.3 Å². The molecule has 0 spiro atoms. The SMILES string of the molecule is CCCCCC[C@H](NC(=O)[C@@H](CCC(=O)N[C@@H](CCC(=O)OCc1ccccc1)C(=O)OC(C)(C)C)CCC(=O)OC(C)(C)C)C(=O)OC(C)(C)C. The Morgan fingerprint density at radius 2 is 1.12 bits per heavy atom. The second-order valence-electron chi connectivity index (χ2n) is 16.1. The van der Waals surface area contributed by atoms with Gasteiger partial charge in [-0.15, -0.1) is 0 Å². The van der Waals surface area contributed by atoms with Gasteiger partial charge in [-0.2, -0.15) is 0 Å². The van der Waals surface area contributed by atoms with Crippen molar-refractivity contribution in [2.24, 2.45) is 5.92 Å². The van der Waals surface area contributed by atoms with Crippen LogP contribution in [0.3, 0.4) is 0 Å². The highest BCUT2D eigenvalue weighted by Gasteiger charge is 2.32. The number of amides is 2. The van der Waals surface area contributed by atoms with Gasteiger partial charge in [0.2, 0.25) is 11.8 Å². The number of carbonyl (C=O) groups excluding carboxylic acids is 6. The highest BCUT2D eigenvalue weighted by atomic mass is 16.6. The van der Waals surface area contributed by atoms with Crippen molar-refractivity contribution in [3.8, 4) is 0 Å². The van der Waals surface area contributed by atoms with E-state index in [9.17, 15) is 28.8 Å². The Kier molecular flexibility index (Phi) is 19.7. The van der Waals surface area contributed by atoms with E-state index in [1.54, 1.807) is 62.3 Å². The van der Waals surface area contributed by atoms with E-state index in [2.05, 4.69) is 17.6 Å². The summed E-state index contributed by atoms with van der Waals surface area (Å²) in [5, 5.41) is 5.50. The van der Waals surface area contributed by atoms with E-state index in [-0.39, 0.29) is 45.1 Å². The first kappa shape index (κ1) is 46.1. The molecule has 0 aliphatic carbocycles. The predicted molar refractivity (Wildman–Crippen MR) is 198 cm³/mol. The molecule has 0 aliphatic heterocycles. The van der Waals surface area contributed by atoms with Gasteiger partial charge in [0.25, 0.3) is 0 Å². The maximum Gasteiger partial charge on any atom is 0.329 e. The average molecular weight is 733 g/mol. The fourth-order valence-electron chi connectivity index (χ4n) is 5.04. The smallest absolute Gasteiger partial charge is 0.329 e. The lowest BCUT2D eigenvalue weighted by atomic mass is 9.95. The first-order valence-corrected chi connectivity index (χ1v) is 18.6. The Labute approximate surface area is 310 Å². The van der Waals surface area contributed by atoms with Gasteiger partial charge in [-0.1, -0.05) is 62.9 Å². The van der Waals surface area contributed by atoms with Crippen molar-refractivity contribution in [1.29, 1.82) is 0 Å². The van der Waals surface area contributed by atoms with Crippen molar-refractivity contribution < 1.29 is 47.7 Å². The molecule has 0 unspecified atom stereocenters. The lowest BCUT2D eigenvalue weighted by molar-refractivity contribution is -0.160. The average Bonchev–Trinajstić information content (AvgIpc) is 3.01. The van der Waals surface area contributed by atoms with E-state index >= 15 is 0 Å². The number of nitrogens with one attached hydrogen (secondary N) is 2. The van der Waals surface area contributed by atoms with Gasteiger partial charge in [0.15, 0.2) is 0 Å². The van der Waals surface area contributed by atoms with Crippen LogP contribution in [0.15, 0.2) is 30.3 Å². The van der Waals surface area contributed by atoms with Crippen LogP contribution in [0, 0.1) is 5.92 Å². The Bertz CT molecular complexity index is 1290. The monoisotopic (exact) mass is 732 g/mol. The molecule has 3 atom stereocenters. The summed E-state index contributed by atoms with van der Waals surface area (Å²) in [5.41, 5.74) is -1.52. The first-order chi connectivity index (χ1) is 24.1. The normalized spacial score (nSPS) is 13.6. The van der Waals surface area contributed by atoms with Crippen LogP contribution in [0.1, 0.15) is 145 Å². The molecule has 12 nitrogen and oxygen atoms in total. The summed E-state index contributed by atoms with van der Waals surface area (Å²) >= 11 is 0. The molecular weight excluding hydrogens is 668 g/mol. The van der Waals surface area contributed by atoms with Gasteiger partial charge in [0, 0.05) is 25.2 Å². The maximum absolute atomic E-state index is 13.7. The third kappa shape index (κ3) is 22.1. The van der Waals surface area contributed by atoms with Crippen molar-refractivity contribution in [3.63, 3.8) is 0 Å². The van der Waals surface area contributed by atoms with Crippen LogP contribution in [0.2, 0.25) is 0 Å². The standard InChI is InChI=1S/C40H64N2O10/c1-11-12-13-17-20-30(36(47)51-39(5,6)7)42-35(46)29(22-25-34(45)50-38(2,3)4)21-24-32(43)41-31(37(48)52-40(8,9)10)23-26-33(44)49-27-28-18-15-14-16-19-28/h14-16,18-19,29-31H,11-13,17,20-27H2,1-10H3,(H,41,43)(H,42,46)/t29-,30-,31-/m0/s1. The Hall–Kier alpha value is -3.96. The number of unbranched alkanes of at least 4 members (excludes halogenated alkanes) is 3. The second-order valence-corrected chi connectivity index (χ2v) is 16.1. The van der Waals surface area contributed by atoms with Crippen molar-refractivity contribution in [3.05, 3.63) is 35.9 Å². The second kappa shape index (κ2) is 22.2. The summed E-state index contributed by atoms with van der Waals surface area (Å²) < 4.78 is 21.9. The van der Waals surface area contributed by atoms with E-state index in [4.69, 9.17) is 18.9 Å². The molecule has 0 heterocycles. The lowest BCUT2D eigenvalue weighted by Gasteiger charge is -2.26. The molecule has 294 valence electrons. The van der Waals surface area contributed by atoms with Crippen molar-refractivity contribution in [2.45, 2.75) is 175 Å². The molecule has 0 radical (unpaired) electrons. The Morgan fingerprint density at radius 1 is 0.596 bits per heavy atom.